The molecule has 2 aromatic rings. The Morgan fingerprint density at radius 3 is 2.75 bits per heavy atom. The van der Waals surface area contributed by atoms with Gasteiger partial charge in [-0.05, 0) is 31.5 Å². The molecule has 24 heavy (non-hydrogen) atoms. The summed E-state index contributed by atoms with van der Waals surface area (Å²) in [5.74, 6) is -0.0527. The van der Waals surface area contributed by atoms with Crippen molar-refractivity contribution in [3.05, 3.63) is 38.7 Å². The van der Waals surface area contributed by atoms with E-state index in [-0.39, 0.29) is 6.79 Å². The van der Waals surface area contributed by atoms with E-state index in [1.165, 1.54) is 24.5 Å². The third kappa shape index (κ3) is 2.81. The molecule has 0 bridgehead atoms. The van der Waals surface area contributed by atoms with Crippen LogP contribution in [0.4, 0.5) is 5.00 Å². The number of benzene rings is 1. The van der Waals surface area contributed by atoms with Crippen LogP contribution in [0.1, 0.15) is 31.2 Å². The Balaban J connectivity index is 1.92. The van der Waals surface area contributed by atoms with Gasteiger partial charge in [0.2, 0.25) is 6.79 Å². The maximum atomic E-state index is 12.5. The van der Waals surface area contributed by atoms with Crippen molar-refractivity contribution >= 4 is 39.8 Å². The molecule has 126 valence electrons. The molecule has 1 N–H and O–H groups in total. The smallest absolute Gasteiger partial charge is 0.341 e. The second-order valence-corrected chi connectivity index (χ2v) is 6.76. The third-order valence-electron chi connectivity index (χ3n) is 3.69. The zero-order chi connectivity index (χ0) is 17.4. The topological polar surface area (TPSA) is 73.9 Å². The lowest BCUT2D eigenvalue weighted by Crippen LogP contribution is -2.14. The Morgan fingerprint density at radius 2 is 2.04 bits per heavy atom. The number of ether oxygens (including phenoxy) is 3. The highest BCUT2D eigenvalue weighted by atomic mass is 35.5. The van der Waals surface area contributed by atoms with Gasteiger partial charge in [-0.15, -0.1) is 11.3 Å². The highest BCUT2D eigenvalue weighted by Crippen LogP contribution is 2.40. The zero-order valence-electron chi connectivity index (χ0n) is 13.2. The molecule has 8 heteroatoms. The Bertz CT molecular complexity index is 845. The number of nitrogens with one attached hydrogen (secondary N) is 1. The van der Waals surface area contributed by atoms with E-state index in [2.05, 4.69) is 5.32 Å². The molecule has 1 aromatic carbocycles. The number of fused-ring (bicyclic) bond motifs is 1. The van der Waals surface area contributed by atoms with Crippen LogP contribution in [0.15, 0.2) is 12.1 Å². The minimum Gasteiger partial charge on any atom is -0.465 e. The molecular formula is C16H14ClNO5S. The second kappa shape index (κ2) is 6.33. The molecule has 0 fully saturated rings. The van der Waals surface area contributed by atoms with Gasteiger partial charge in [-0.25, -0.2) is 4.79 Å². The normalized spacial score (nSPS) is 12.2. The number of amides is 1. The number of carbonyl (C=O) groups is 2. The van der Waals surface area contributed by atoms with Crippen LogP contribution in [0.25, 0.3) is 0 Å². The van der Waals surface area contributed by atoms with Crippen LogP contribution < -0.4 is 14.8 Å². The molecule has 1 amide bonds. The van der Waals surface area contributed by atoms with Crippen molar-refractivity contribution in [3.8, 4) is 11.5 Å². The first-order valence-corrected chi connectivity index (χ1v) is 8.20. The largest absolute Gasteiger partial charge is 0.465 e. The van der Waals surface area contributed by atoms with E-state index in [1.807, 2.05) is 13.8 Å². The van der Waals surface area contributed by atoms with Crippen LogP contribution in [0, 0.1) is 13.8 Å². The lowest BCUT2D eigenvalue weighted by molar-refractivity contribution is 0.0601. The van der Waals surface area contributed by atoms with E-state index in [1.54, 1.807) is 6.07 Å². The minimum absolute atomic E-state index is 0.0654. The standard InChI is InChI=1S/C16H14ClNO5S/c1-7-8(2)24-15(12(7)16(20)21-3)18-14(19)9-4-10(17)13-11(5-9)22-6-23-13/h4-5H,6H2,1-3H3,(H,18,19). The lowest BCUT2D eigenvalue weighted by Gasteiger charge is -2.07. The molecule has 3 rings (SSSR count). The van der Waals surface area contributed by atoms with Crippen LogP contribution in [0.2, 0.25) is 5.02 Å². The fraction of sp³-hybridized carbons (Fsp3) is 0.250. The highest BCUT2D eigenvalue weighted by Gasteiger charge is 2.24. The highest BCUT2D eigenvalue weighted by molar-refractivity contribution is 7.16. The summed E-state index contributed by atoms with van der Waals surface area (Å²) in [5.41, 5.74) is 1.45. The van der Waals surface area contributed by atoms with Crippen LogP contribution in [-0.2, 0) is 4.74 Å². The van der Waals surface area contributed by atoms with Gasteiger partial charge in [0.25, 0.3) is 5.91 Å². The number of thiophene rings is 1. The van der Waals surface area contributed by atoms with Gasteiger partial charge in [0, 0.05) is 10.4 Å². The molecule has 0 aliphatic carbocycles. The number of rotatable bonds is 3. The van der Waals surface area contributed by atoms with Gasteiger partial charge < -0.3 is 19.5 Å². The van der Waals surface area contributed by atoms with Crippen LogP contribution in [0.3, 0.4) is 0 Å². The first-order valence-electron chi connectivity index (χ1n) is 7.01. The van der Waals surface area contributed by atoms with Gasteiger partial charge in [-0.1, -0.05) is 11.6 Å². The van der Waals surface area contributed by atoms with Crippen molar-refractivity contribution in [2.75, 3.05) is 19.2 Å². The Hall–Kier alpha value is -2.25. The molecular weight excluding hydrogens is 354 g/mol. The summed E-state index contributed by atoms with van der Waals surface area (Å²) in [6.45, 7) is 3.75. The SMILES string of the molecule is COC(=O)c1c(NC(=O)c2cc(Cl)c3c(c2)OCO3)sc(C)c1C. The quantitative estimate of drug-likeness (QED) is 0.835. The van der Waals surface area contributed by atoms with Crippen molar-refractivity contribution in [1.82, 2.24) is 0 Å². The minimum atomic E-state index is -0.490. The number of esters is 1. The molecule has 0 atom stereocenters. The number of hydrogen-bond donors (Lipinski definition) is 1. The monoisotopic (exact) mass is 367 g/mol. The second-order valence-electron chi connectivity index (χ2n) is 5.12. The van der Waals surface area contributed by atoms with Gasteiger partial charge >= 0.3 is 5.97 Å². The summed E-state index contributed by atoms with van der Waals surface area (Å²) < 4.78 is 15.3. The Morgan fingerprint density at radius 1 is 1.29 bits per heavy atom. The average molecular weight is 368 g/mol. The molecule has 6 nitrogen and oxygen atoms in total. The molecule has 1 aromatic heterocycles. The molecule has 2 heterocycles. The number of aryl methyl sites for hydroxylation is 1. The fourth-order valence-electron chi connectivity index (χ4n) is 2.34. The van der Waals surface area contributed by atoms with Crippen LogP contribution >= 0.6 is 22.9 Å². The van der Waals surface area contributed by atoms with Gasteiger partial charge in [-0.2, -0.15) is 0 Å². The van der Waals surface area contributed by atoms with E-state index >= 15 is 0 Å². The van der Waals surface area contributed by atoms with E-state index in [0.29, 0.717) is 32.6 Å². The molecule has 0 unspecified atom stereocenters. The molecule has 1 aliphatic heterocycles. The van der Waals surface area contributed by atoms with Gasteiger partial charge in [0.1, 0.15) is 5.00 Å². The van der Waals surface area contributed by atoms with Crippen molar-refractivity contribution in [2.24, 2.45) is 0 Å². The summed E-state index contributed by atoms with van der Waals surface area (Å²) in [7, 11) is 1.30. The van der Waals surface area contributed by atoms with Gasteiger partial charge in [-0.3, -0.25) is 4.79 Å². The van der Waals surface area contributed by atoms with Crippen molar-refractivity contribution in [1.29, 1.82) is 0 Å². The van der Waals surface area contributed by atoms with Crippen LogP contribution in [0.5, 0.6) is 11.5 Å². The van der Waals surface area contributed by atoms with E-state index in [4.69, 9.17) is 25.8 Å². The van der Waals surface area contributed by atoms with Crippen molar-refractivity contribution < 1.29 is 23.8 Å². The molecule has 0 saturated heterocycles. The fourth-order valence-corrected chi connectivity index (χ4v) is 3.65. The lowest BCUT2D eigenvalue weighted by atomic mass is 10.1. The van der Waals surface area contributed by atoms with E-state index in [0.717, 1.165) is 10.4 Å². The number of halogens is 1. The third-order valence-corrected chi connectivity index (χ3v) is 5.09. The number of methoxy groups -OCH3 is 1. The molecule has 0 radical (unpaired) electrons. The molecule has 0 spiro atoms. The Labute approximate surface area is 147 Å². The number of carbonyl (C=O) groups excluding carboxylic acids is 2. The first kappa shape index (κ1) is 16.6. The van der Waals surface area contributed by atoms with E-state index < -0.39 is 11.9 Å². The molecule has 1 aliphatic rings. The summed E-state index contributed by atoms with van der Waals surface area (Å²) in [6.07, 6.45) is 0. The van der Waals surface area contributed by atoms with Gasteiger partial charge in [0.05, 0.1) is 17.7 Å². The molecule has 0 saturated carbocycles. The van der Waals surface area contributed by atoms with Crippen LogP contribution in [-0.4, -0.2) is 25.8 Å². The van der Waals surface area contributed by atoms with E-state index in [9.17, 15) is 9.59 Å². The van der Waals surface area contributed by atoms with Crippen molar-refractivity contribution in [2.45, 2.75) is 13.8 Å². The predicted octanol–water partition coefficient (Wildman–Crippen LogP) is 3.79. The summed E-state index contributed by atoms with van der Waals surface area (Å²) >= 11 is 7.41. The van der Waals surface area contributed by atoms with Gasteiger partial charge in [0.15, 0.2) is 11.5 Å². The Kier molecular flexibility index (Phi) is 4.38. The van der Waals surface area contributed by atoms with Crippen molar-refractivity contribution in [3.63, 3.8) is 0 Å². The maximum Gasteiger partial charge on any atom is 0.341 e. The first-order chi connectivity index (χ1) is 11.4. The number of hydrogen-bond acceptors (Lipinski definition) is 6. The predicted molar refractivity (Wildman–Crippen MR) is 90.7 cm³/mol. The summed E-state index contributed by atoms with van der Waals surface area (Å²) in [5, 5.41) is 3.48. The summed E-state index contributed by atoms with van der Waals surface area (Å²) in [4.78, 5) is 25.4. The average Bonchev–Trinajstić information content (AvgIpc) is 3.12. The number of anilines is 1. The summed E-state index contributed by atoms with van der Waals surface area (Å²) in [6, 6.07) is 3.05. The zero-order valence-corrected chi connectivity index (χ0v) is 14.8. The maximum absolute atomic E-state index is 12.5.